The Morgan fingerprint density at radius 2 is 2.08 bits per heavy atom. The van der Waals surface area contributed by atoms with Crippen LogP contribution in [0.2, 0.25) is 5.02 Å². The van der Waals surface area contributed by atoms with E-state index in [0.717, 1.165) is 11.3 Å². The summed E-state index contributed by atoms with van der Waals surface area (Å²) in [5.74, 6) is 0.718. The highest BCUT2D eigenvalue weighted by atomic mass is 35.5. The first-order chi connectivity index (χ1) is 11.5. The molecular formula is C18H17ClN2O3. The number of fused-ring (bicyclic) bond motifs is 1. The zero-order chi connectivity index (χ0) is 17.1. The van der Waals surface area contributed by atoms with E-state index in [4.69, 9.17) is 16.3 Å². The second kappa shape index (κ2) is 7.03. The van der Waals surface area contributed by atoms with Crippen molar-refractivity contribution < 1.29 is 9.84 Å². The normalized spacial score (nSPS) is 12.3. The molecular weight excluding hydrogens is 328 g/mol. The number of aromatic nitrogens is 2. The maximum absolute atomic E-state index is 12.4. The molecule has 0 amide bonds. The number of aryl methyl sites for hydroxylation is 1. The number of benzene rings is 2. The topological polar surface area (TPSA) is 64.3 Å². The summed E-state index contributed by atoms with van der Waals surface area (Å²) in [5.41, 5.74) is 1.31. The van der Waals surface area contributed by atoms with Crippen LogP contribution in [-0.4, -0.2) is 27.4 Å². The Balaban J connectivity index is 1.72. The molecule has 0 aliphatic heterocycles. The van der Waals surface area contributed by atoms with Crippen LogP contribution in [0, 0.1) is 6.92 Å². The van der Waals surface area contributed by atoms with Gasteiger partial charge in [0.25, 0.3) is 5.56 Å². The predicted octanol–water partition coefficient (Wildman–Crippen LogP) is 2.80. The van der Waals surface area contributed by atoms with Crippen molar-refractivity contribution in [1.29, 1.82) is 0 Å². The van der Waals surface area contributed by atoms with Crippen molar-refractivity contribution in [2.75, 3.05) is 6.61 Å². The highest BCUT2D eigenvalue weighted by Crippen LogP contribution is 2.17. The van der Waals surface area contributed by atoms with Crippen LogP contribution >= 0.6 is 11.6 Å². The molecule has 1 atom stereocenters. The minimum absolute atomic E-state index is 0.0932. The van der Waals surface area contributed by atoms with Crippen LogP contribution < -0.4 is 10.3 Å². The van der Waals surface area contributed by atoms with Gasteiger partial charge in [0.2, 0.25) is 0 Å². The van der Waals surface area contributed by atoms with Gasteiger partial charge in [0.1, 0.15) is 18.5 Å². The second-order valence-electron chi connectivity index (χ2n) is 5.59. The van der Waals surface area contributed by atoms with Gasteiger partial charge in [-0.25, -0.2) is 4.98 Å². The van der Waals surface area contributed by atoms with Crippen LogP contribution in [0.15, 0.2) is 53.6 Å². The standard InChI is InChI=1S/C18H17ClN2O3/c1-12-4-2-3-5-17(12)24-10-14(22)9-21-11-20-16-8-13(19)6-7-15(16)18(21)23/h2-8,11,14,22H,9-10H2,1H3/t14-/m0/s1. The molecule has 6 heteroatoms. The molecule has 0 unspecified atom stereocenters. The highest BCUT2D eigenvalue weighted by Gasteiger charge is 2.11. The Kier molecular flexibility index (Phi) is 4.83. The Bertz CT molecular complexity index is 924. The smallest absolute Gasteiger partial charge is 0.261 e. The summed E-state index contributed by atoms with van der Waals surface area (Å²) >= 11 is 5.90. The van der Waals surface area contributed by atoms with Crippen molar-refractivity contribution in [3.63, 3.8) is 0 Å². The molecule has 0 spiro atoms. The minimum Gasteiger partial charge on any atom is -0.491 e. The third kappa shape index (κ3) is 3.58. The SMILES string of the molecule is Cc1ccccc1OC[C@@H](O)Cn1cnc2cc(Cl)ccc2c1=O. The molecule has 2 aromatic carbocycles. The van der Waals surface area contributed by atoms with Crippen molar-refractivity contribution >= 4 is 22.5 Å². The summed E-state index contributed by atoms with van der Waals surface area (Å²) in [6, 6.07) is 12.5. The van der Waals surface area contributed by atoms with E-state index in [1.807, 2.05) is 31.2 Å². The maximum atomic E-state index is 12.4. The quantitative estimate of drug-likeness (QED) is 0.773. The zero-order valence-electron chi connectivity index (χ0n) is 13.1. The summed E-state index contributed by atoms with van der Waals surface area (Å²) in [5, 5.41) is 11.2. The fraction of sp³-hybridized carbons (Fsp3) is 0.222. The molecule has 0 saturated carbocycles. The van der Waals surface area contributed by atoms with Crippen molar-refractivity contribution in [3.05, 3.63) is 69.7 Å². The van der Waals surface area contributed by atoms with Gasteiger partial charge < -0.3 is 9.84 Å². The van der Waals surface area contributed by atoms with E-state index in [-0.39, 0.29) is 18.7 Å². The molecule has 5 nitrogen and oxygen atoms in total. The first-order valence-corrected chi connectivity index (χ1v) is 7.93. The number of rotatable bonds is 5. The number of hydrogen-bond acceptors (Lipinski definition) is 4. The number of halogens is 1. The molecule has 3 aromatic rings. The molecule has 1 N–H and O–H groups in total. The van der Waals surface area contributed by atoms with E-state index < -0.39 is 6.10 Å². The third-order valence-corrected chi connectivity index (χ3v) is 3.95. The second-order valence-corrected chi connectivity index (χ2v) is 6.03. The average molecular weight is 345 g/mol. The van der Waals surface area contributed by atoms with Gasteiger partial charge in [-0.2, -0.15) is 0 Å². The van der Waals surface area contributed by atoms with E-state index in [1.165, 1.54) is 10.9 Å². The Hall–Kier alpha value is -2.37. The molecule has 124 valence electrons. The van der Waals surface area contributed by atoms with E-state index >= 15 is 0 Å². The minimum atomic E-state index is -0.825. The van der Waals surface area contributed by atoms with E-state index in [2.05, 4.69) is 4.98 Å². The number of nitrogens with zero attached hydrogens (tertiary/aromatic N) is 2. The van der Waals surface area contributed by atoms with Crippen LogP contribution in [0.4, 0.5) is 0 Å². The van der Waals surface area contributed by atoms with E-state index in [0.29, 0.717) is 15.9 Å². The first-order valence-electron chi connectivity index (χ1n) is 7.56. The molecule has 1 aromatic heterocycles. The van der Waals surface area contributed by atoms with Crippen molar-refractivity contribution in [3.8, 4) is 5.75 Å². The van der Waals surface area contributed by atoms with E-state index in [9.17, 15) is 9.90 Å². The van der Waals surface area contributed by atoms with Crippen LogP contribution in [0.5, 0.6) is 5.75 Å². The summed E-state index contributed by atoms with van der Waals surface area (Å²) in [6.07, 6.45) is 0.590. The molecule has 0 saturated heterocycles. The molecule has 0 aliphatic rings. The van der Waals surface area contributed by atoms with Gasteiger partial charge >= 0.3 is 0 Å². The number of para-hydroxylation sites is 1. The monoisotopic (exact) mass is 344 g/mol. The predicted molar refractivity (Wildman–Crippen MR) is 93.7 cm³/mol. The van der Waals surface area contributed by atoms with Crippen LogP contribution in [0.1, 0.15) is 5.56 Å². The lowest BCUT2D eigenvalue weighted by molar-refractivity contribution is 0.0911. The fourth-order valence-electron chi connectivity index (χ4n) is 2.45. The lowest BCUT2D eigenvalue weighted by atomic mass is 10.2. The van der Waals surface area contributed by atoms with E-state index in [1.54, 1.807) is 18.2 Å². The van der Waals surface area contributed by atoms with Crippen LogP contribution in [0.3, 0.4) is 0 Å². The van der Waals surface area contributed by atoms with Gasteiger partial charge in [-0.1, -0.05) is 29.8 Å². The molecule has 0 bridgehead atoms. The molecule has 3 rings (SSSR count). The summed E-state index contributed by atoms with van der Waals surface area (Å²) in [4.78, 5) is 16.6. The zero-order valence-corrected chi connectivity index (χ0v) is 13.9. The average Bonchev–Trinajstić information content (AvgIpc) is 2.56. The van der Waals surface area contributed by atoms with Crippen molar-refractivity contribution in [2.45, 2.75) is 19.6 Å². The third-order valence-electron chi connectivity index (χ3n) is 3.72. The van der Waals surface area contributed by atoms with Gasteiger partial charge in [0, 0.05) is 5.02 Å². The molecule has 1 heterocycles. The van der Waals surface area contributed by atoms with Crippen molar-refractivity contribution in [1.82, 2.24) is 9.55 Å². The lowest BCUT2D eigenvalue weighted by Crippen LogP contribution is -2.30. The molecule has 24 heavy (non-hydrogen) atoms. The Morgan fingerprint density at radius 3 is 2.88 bits per heavy atom. The van der Waals surface area contributed by atoms with Gasteiger partial charge in [-0.15, -0.1) is 0 Å². The van der Waals surface area contributed by atoms with Crippen molar-refractivity contribution in [2.24, 2.45) is 0 Å². The Labute approximate surface area is 144 Å². The number of hydrogen-bond donors (Lipinski definition) is 1. The van der Waals surface area contributed by atoms with Crippen LogP contribution in [-0.2, 0) is 6.54 Å². The summed E-state index contributed by atoms with van der Waals surface area (Å²) < 4.78 is 6.99. The maximum Gasteiger partial charge on any atom is 0.261 e. The van der Waals surface area contributed by atoms with Gasteiger partial charge in [0.05, 0.1) is 23.8 Å². The molecule has 0 radical (unpaired) electrons. The van der Waals surface area contributed by atoms with Gasteiger partial charge in [0.15, 0.2) is 0 Å². The molecule has 0 aliphatic carbocycles. The number of ether oxygens (including phenoxy) is 1. The first kappa shape index (κ1) is 16.5. The summed E-state index contributed by atoms with van der Waals surface area (Å²) in [6.45, 7) is 2.14. The van der Waals surface area contributed by atoms with Gasteiger partial charge in [-0.05, 0) is 36.8 Å². The van der Waals surface area contributed by atoms with Gasteiger partial charge in [-0.3, -0.25) is 9.36 Å². The number of aliphatic hydroxyl groups is 1. The largest absolute Gasteiger partial charge is 0.491 e. The van der Waals surface area contributed by atoms with Crippen LogP contribution in [0.25, 0.3) is 10.9 Å². The fourth-order valence-corrected chi connectivity index (χ4v) is 2.61. The highest BCUT2D eigenvalue weighted by molar-refractivity contribution is 6.31. The Morgan fingerprint density at radius 1 is 1.29 bits per heavy atom. The molecule has 0 fully saturated rings. The number of aliphatic hydroxyl groups excluding tert-OH is 1. The summed E-state index contributed by atoms with van der Waals surface area (Å²) in [7, 11) is 0. The lowest BCUT2D eigenvalue weighted by Gasteiger charge is -2.15.